The van der Waals surface area contributed by atoms with Crippen molar-refractivity contribution in [1.82, 2.24) is 25.3 Å². The quantitative estimate of drug-likeness (QED) is 0.253. The molecule has 1 aromatic carbocycles. The fraction of sp³-hybridized carbons (Fsp3) is 0.400. The number of nitrogens with one attached hydrogen (secondary N) is 3. The summed E-state index contributed by atoms with van der Waals surface area (Å²) in [6.07, 6.45) is 6.53. The van der Waals surface area contributed by atoms with Crippen molar-refractivity contribution in [1.29, 1.82) is 0 Å². The van der Waals surface area contributed by atoms with Crippen molar-refractivity contribution in [2.45, 2.75) is 65.0 Å². The highest BCUT2D eigenvalue weighted by Gasteiger charge is 2.26. The molecule has 40 heavy (non-hydrogen) atoms. The van der Waals surface area contributed by atoms with Crippen LogP contribution in [0.2, 0.25) is 0 Å². The van der Waals surface area contributed by atoms with Crippen molar-refractivity contribution in [2.24, 2.45) is 0 Å². The van der Waals surface area contributed by atoms with Gasteiger partial charge in [0.2, 0.25) is 0 Å². The predicted octanol–water partition coefficient (Wildman–Crippen LogP) is 6.52. The maximum Gasteiger partial charge on any atom is 0.407 e. The number of alkyl carbamates (subject to hydrolysis) is 1. The van der Waals surface area contributed by atoms with Crippen LogP contribution in [0.15, 0.2) is 48.9 Å². The van der Waals surface area contributed by atoms with Crippen molar-refractivity contribution in [2.75, 3.05) is 23.3 Å². The van der Waals surface area contributed by atoms with Gasteiger partial charge in [-0.15, -0.1) is 0 Å². The smallest absolute Gasteiger partial charge is 0.407 e. The summed E-state index contributed by atoms with van der Waals surface area (Å²) in [5.41, 5.74) is 4.04. The van der Waals surface area contributed by atoms with Gasteiger partial charge in [-0.05, 0) is 57.0 Å². The molecule has 0 unspecified atom stereocenters. The number of hydrogen-bond acceptors (Lipinski definition) is 7. The number of fused-ring (bicyclic) bond motifs is 1. The number of aromatic amines is 1. The second-order valence-corrected chi connectivity index (χ2v) is 11.5. The highest BCUT2D eigenvalue weighted by molar-refractivity contribution is 6.01. The first-order valence-corrected chi connectivity index (χ1v) is 13.7. The summed E-state index contributed by atoms with van der Waals surface area (Å²) in [6.45, 7) is 11.5. The fourth-order valence-corrected chi connectivity index (χ4v) is 4.87. The van der Waals surface area contributed by atoms with Gasteiger partial charge in [0.1, 0.15) is 23.4 Å². The Morgan fingerprint density at radius 3 is 2.52 bits per heavy atom. The Morgan fingerprint density at radius 1 is 1.12 bits per heavy atom. The van der Waals surface area contributed by atoms with Crippen LogP contribution in [0.25, 0.3) is 22.4 Å². The third kappa shape index (κ3) is 6.16. The summed E-state index contributed by atoms with van der Waals surface area (Å²) in [7, 11) is 0. The summed E-state index contributed by atoms with van der Waals surface area (Å²) < 4.78 is 19.2. The van der Waals surface area contributed by atoms with Crippen LogP contribution in [0.5, 0.6) is 0 Å². The van der Waals surface area contributed by atoms with Gasteiger partial charge in [-0.25, -0.2) is 24.1 Å². The van der Waals surface area contributed by atoms with E-state index in [9.17, 15) is 9.18 Å². The van der Waals surface area contributed by atoms with Crippen molar-refractivity contribution in [3.8, 4) is 11.4 Å². The minimum absolute atomic E-state index is 0.126. The molecule has 0 atom stereocenters. The van der Waals surface area contributed by atoms with E-state index in [1.807, 2.05) is 39.2 Å². The number of anilines is 3. The van der Waals surface area contributed by atoms with Crippen LogP contribution in [0.3, 0.4) is 0 Å². The van der Waals surface area contributed by atoms with Crippen LogP contribution in [0.1, 0.15) is 58.9 Å². The van der Waals surface area contributed by atoms with Crippen molar-refractivity contribution in [3.63, 3.8) is 0 Å². The molecule has 0 spiro atoms. The number of H-pyrrole nitrogens is 1. The third-order valence-corrected chi connectivity index (χ3v) is 6.88. The zero-order chi connectivity index (χ0) is 28.4. The second-order valence-electron chi connectivity index (χ2n) is 11.5. The number of halogens is 1. The Kier molecular flexibility index (Phi) is 7.60. The first kappa shape index (κ1) is 27.4. The standard InChI is InChI=1S/C30H36FN7O2/c1-18(2)22-16-33-26(19-6-8-20(31)9-7-19)36-27(22)35-23-10-13-32-28-25(23)24(17-34-28)38-14-11-21(12-15-38)40-29(39)37-30(3,4)5/h6-10,13,16-18,21H,11-12,14-15H2,1-5H3,(H,37,39)(H2,32,33,34,35,36). The van der Waals surface area contributed by atoms with Gasteiger partial charge in [-0.2, -0.15) is 0 Å². The number of aromatic nitrogens is 4. The average Bonchev–Trinajstić information content (AvgIpc) is 3.33. The molecule has 1 fully saturated rings. The van der Waals surface area contributed by atoms with Crippen molar-refractivity contribution >= 4 is 34.3 Å². The molecule has 3 N–H and O–H groups in total. The first-order valence-electron chi connectivity index (χ1n) is 13.7. The molecule has 9 nitrogen and oxygen atoms in total. The zero-order valence-electron chi connectivity index (χ0n) is 23.6. The van der Waals surface area contributed by atoms with Gasteiger partial charge >= 0.3 is 6.09 Å². The molecule has 1 saturated heterocycles. The molecule has 0 bridgehead atoms. The van der Waals surface area contributed by atoms with Gasteiger partial charge < -0.3 is 25.3 Å². The Bertz CT molecular complexity index is 1490. The molecule has 0 saturated carbocycles. The van der Waals surface area contributed by atoms with Crippen LogP contribution in [0.4, 0.5) is 26.4 Å². The summed E-state index contributed by atoms with van der Waals surface area (Å²) in [5, 5.41) is 7.38. The summed E-state index contributed by atoms with van der Waals surface area (Å²) in [5.74, 6) is 1.09. The van der Waals surface area contributed by atoms with Crippen LogP contribution >= 0.6 is 0 Å². The van der Waals surface area contributed by atoms with Crippen molar-refractivity contribution < 1.29 is 13.9 Å². The predicted molar refractivity (Wildman–Crippen MR) is 155 cm³/mol. The van der Waals surface area contributed by atoms with Crippen molar-refractivity contribution in [3.05, 3.63) is 60.3 Å². The largest absolute Gasteiger partial charge is 0.446 e. The van der Waals surface area contributed by atoms with E-state index in [0.717, 1.165) is 59.5 Å². The van der Waals surface area contributed by atoms with E-state index in [-0.39, 0.29) is 29.5 Å². The minimum atomic E-state index is -0.375. The Hall–Kier alpha value is -4.21. The lowest BCUT2D eigenvalue weighted by Gasteiger charge is -2.33. The average molecular weight is 546 g/mol. The van der Waals surface area contributed by atoms with Gasteiger partial charge in [0.05, 0.1) is 16.8 Å². The fourth-order valence-electron chi connectivity index (χ4n) is 4.87. The molecule has 1 amide bonds. The van der Waals surface area contributed by atoms with E-state index < -0.39 is 0 Å². The second kappa shape index (κ2) is 11.1. The number of piperidine rings is 1. The maximum absolute atomic E-state index is 13.5. The molecular formula is C30H36FN7O2. The van der Waals surface area contributed by atoms with Gasteiger partial charge in [-0.3, -0.25) is 0 Å². The number of carbonyl (C=O) groups excluding carboxylic acids is 1. The normalized spacial score (nSPS) is 14.5. The maximum atomic E-state index is 13.5. The van der Waals surface area contributed by atoms with Crippen LogP contribution in [0, 0.1) is 5.82 Å². The van der Waals surface area contributed by atoms with Gasteiger partial charge in [0.15, 0.2) is 5.82 Å². The van der Waals surface area contributed by atoms with E-state index in [1.54, 1.807) is 18.3 Å². The molecule has 3 aromatic heterocycles. The number of nitrogens with zero attached hydrogens (tertiary/aromatic N) is 4. The lowest BCUT2D eigenvalue weighted by molar-refractivity contribution is 0.0777. The summed E-state index contributed by atoms with van der Waals surface area (Å²) >= 11 is 0. The zero-order valence-corrected chi connectivity index (χ0v) is 23.6. The Morgan fingerprint density at radius 2 is 1.85 bits per heavy atom. The van der Waals surface area contributed by atoms with E-state index >= 15 is 0 Å². The number of benzene rings is 1. The Labute approximate surface area is 233 Å². The van der Waals surface area contributed by atoms with Gasteiger partial charge in [-0.1, -0.05) is 13.8 Å². The molecule has 0 aliphatic carbocycles. The summed E-state index contributed by atoms with van der Waals surface area (Å²) in [4.78, 5) is 31.8. The van der Waals surface area contributed by atoms with Gasteiger partial charge in [0.25, 0.3) is 0 Å². The molecular weight excluding hydrogens is 509 g/mol. The Balaban J connectivity index is 1.39. The van der Waals surface area contributed by atoms with Crippen LogP contribution < -0.4 is 15.5 Å². The van der Waals surface area contributed by atoms with E-state index in [4.69, 9.17) is 9.72 Å². The van der Waals surface area contributed by atoms with Gasteiger partial charge in [0, 0.05) is 61.2 Å². The van der Waals surface area contributed by atoms with Crippen LogP contribution in [-0.4, -0.2) is 50.8 Å². The van der Waals surface area contributed by atoms with E-state index in [0.29, 0.717) is 11.6 Å². The number of amides is 1. The lowest BCUT2D eigenvalue weighted by Crippen LogP contribution is -2.44. The SMILES string of the molecule is CC(C)c1cnc(-c2ccc(F)cc2)nc1Nc1ccnc2[nH]cc(N3CCC(OC(=O)NC(C)(C)C)CC3)c12. The molecule has 1 aliphatic rings. The van der Waals surface area contributed by atoms with E-state index in [2.05, 4.69) is 44.3 Å². The highest BCUT2D eigenvalue weighted by Crippen LogP contribution is 2.36. The molecule has 5 rings (SSSR count). The molecule has 1 aliphatic heterocycles. The number of pyridine rings is 1. The van der Waals surface area contributed by atoms with E-state index in [1.165, 1.54) is 12.1 Å². The molecule has 210 valence electrons. The highest BCUT2D eigenvalue weighted by atomic mass is 19.1. The molecule has 4 heterocycles. The van der Waals surface area contributed by atoms with Crippen LogP contribution in [-0.2, 0) is 4.74 Å². The molecule has 10 heteroatoms. The number of hydrogen-bond donors (Lipinski definition) is 3. The molecule has 0 radical (unpaired) electrons. The topological polar surface area (TPSA) is 108 Å². The minimum Gasteiger partial charge on any atom is -0.446 e. The molecule has 4 aromatic rings. The summed E-state index contributed by atoms with van der Waals surface area (Å²) in [6, 6.07) is 8.12. The number of rotatable bonds is 6. The first-order chi connectivity index (χ1) is 19.1. The lowest BCUT2D eigenvalue weighted by atomic mass is 10.1. The third-order valence-electron chi connectivity index (χ3n) is 6.88. The number of carbonyl (C=O) groups is 1. The monoisotopic (exact) mass is 545 g/mol. The number of ether oxygens (including phenoxy) is 1.